The third-order valence-corrected chi connectivity index (χ3v) is 3.56. The Morgan fingerprint density at radius 1 is 1.60 bits per heavy atom. The van der Waals surface area contributed by atoms with Crippen molar-refractivity contribution in [1.29, 1.82) is 0 Å². The molecule has 3 nitrogen and oxygen atoms in total. The number of carbonyl (C=O) groups excluding carboxylic acids is 1. The second kappa shape index (κ2) is 3.78. The summed E-state index contributed by atoms with van der Waals surface area (Å²) in [5, 5.41) is 0. The zero-order valence-electron chi connectivity index (χ0n) is 9.79. The van der Waals surface area contributed by atoms with Crippen LogP contribution in [-0.2, 0) is 14.3 Å². The Morgan fingerprint density at radius 2 is 2.33 bits per heavy atom. The van der Waals surface area contributed by atoms with Crippen LogP contribution in [0.5, 0.6) is 0 Å². The first-order valence-electron chi connectivity index (χ1n) is 5.86. The van der Waals surface area contributed by atoms with E-state index < -0.39 is 0 Å². The maximum atomic E-state index is 11.3. The quantitative estimate of drug-likeness (QED) is 0.531. The Balaban J connectivity index is 1.71. The van der Waals surface area contributed by atoms with Gasteiger partial charge in [0.2, 0.25) is 0 Å². The Hall–Kier alpha value is -0.570. The van der Waals surface area contributed by atoms with Gasteiger partial charge >= 0.3 is 5.97 Å². The highest BCUT2D eigenvalue weighted by Gasteiger charge is 2.55. The fourth-order valence-corrected chi connectivity index (χ4v) is 2.24. The van der Waals surface area contributed by atoms with Crippen LogP contribution >= 0.6 is 0 Å². The molecule has 0 aromatic heterocycles. The molecule has 3 heteroatoms. The minimum absolute atomic E-state index is 0.0176. The fourth-order valence-electron chi connectivity index (χ4n) is 2.24. The Bertz CT molecular complexity index is 262. The lowest BCUT2D eigenvalue weighted by Crippen LogP contribution is -2.26. The van der Waals surface area contributed by atoms with E-state index >= 15 is 0 Å². The predicted molar refractivity (Wildman–Crippen MR) is 56.4 cm³/mol. The molecule has 1 heterocycles. The lowest BCUT2D eigenvalue weighted by atomic mass is 9.83. The average molecular weight is 212 g/mol. The first-order chi connectivity index (χ1) is 7.01. The van der Waals surface area contributed by atoms with Gasteiger partial charge in [-0.1, -0.05) is 13.8 Å². The van der Waals surface area contributed by atoms with E-state index in [1.807, 2.05) is 13.8 Å². The molecule has 3 unspecified atom stereocenters. The van der Waals surface area contributed by atoms with E-state index in [1.165, 1.54) is 0 Å². The SMILES string of the molecule is CC(C)C(=O)OCC1CCC2(C)OC2C1. The van der Waals surface area contributed by atoms with Crippen molar-refractivity contribution in [3.05, 3.63) is 0 Å². The molecule has 1 aliphatic carbocycles. The Kier molecular flexibility index (Phi) is 2.75. The van der Waals surface area contributed by atoms with Crippen molar-refractivity contribution in [3.8, 4) is 0 Å². The van der Waals surface area contributed by atoms with E-state index in [0.717, 1.165) is 19.3 Å². The summed E-state index contributed by atoms with van der Waals surface area (Å²) in [6.07, 6.45) is 3.72. The normalized spacial score (nSPS) is 38.7. The molecule has 1 saturated heterocycles. The molecule has 1 saturated carbocycles. The summed E-state index contributed by atoms with van der Waals surface area (Å²) in [6, 6.07) is 0. The van der Waals surface area contributed by atoms with Crippen LogP contribution in [0, 0.1) is 11.8 Å². The van der Waals surface area contributed by atoms with Gasteiger partial charge < -0.3 is 9.47 Å². The van der Waals surface area contributed by atoms with Crippen LogP contribution in [-0.4, -0.2) is 24.3 Å². The summed E-state index contributed by atoms with van der Waals surface area (Å²) < 4.78 is 10.9. The highest BCUT2D eigenvalue weighted by molar-refractivity contribution is 5.71. The summed E-state index contributed by atoms with van der Waals surface area (Å²) in [4.78, 5) is 11.3. The second-order valence-electron chi connectivity index (χ2n) is 5.34. The van der Waals surface area contributed by atoms with Gasteiger partial charge in [-0.2, -0.15) is 0 Å². The molecule has 15 heavy (non-hydrogen) atoms. The fraction of sp³-hybridized carbons (Fsp3) is 0.917. The van der Waals surface area contributed by atoms with Crippen LogP contribution in [0.3, 0.4) is 0 Å². The number of carbonyl (C=O) groups is 1. The van der Waals surface area contributed by atoms with Gasteiger partial charge in [-0.25, -0.2) is 0 Å². The number of esters is 1. The monoisotopic (exact) mass is 212 g/mol. The standard InChI is InChI=1S/C12H20O3/c1-8(2)11(13)14-7-9-4-5-12(3)10(6-9)15-12/h8-10H,4-7H2,1-3H3. The summed E-state index contributed by atoms with van der Waals surface area (Å²) in [6.45, 7) is 6.48. The van der Waals surface area contributed by atoms with Crippen molar-refractivity contribution in [2.24, 2.45) is 11.8 Å². The zero-order chi connectivity index (χ0) is 11.1. The van der Waals surface area contributed by atoms with Crippen molar-refractivity contribution in [3.63, 3.8) is 0 Å². The molecular weight excluding hydrogens is 192 g/mol. The van der Waals surface area contributed by atoms with E-state index in [4.69, 9.17) is 9.47 Å². The molecule has 0 aromatic rings. The van der Waals surface area contributed by atoms with Gasteiger partial charge in [0, 0.05) is 0 Å². The molecule has 0 N–H and O–H groups in total. The molecule has 2 fully saturated rings. The van der Waals surface area contributed by atoms with Crippen LogP contribution in [0.4, 0.5) is 0 Å². The largest absolute Gasteiger partial charge is 0.465 e. The average Bonchev–Trinajstić information content (AvgIpc) is 2.85. The minimum atomic E-state index is -0.0833. The lowest BCUT2D eigenvalue weighted by molar-refractivity contribution is -0.149. The number of fused-ring (bicyclic) bond motifs is 1. The number of hydrogen-bond acceptors (Lipinski definition) is 3. The van der Waals surface area contributed by atoms with E-state index in [9.17, 15) is 4.79 Å². The van der Waals surface area contributed by atoms with Crippen molar-refractivity contribution in [2.45, 2.75) is 51.7 Å². The predicted octanol–water partition coefficient (Wildman–Crippen LogP) is 2.14. The molecule has 3 atom stereocenters. The number of hydrogen-bond donors (Lipinski definition) is 0. The Labute approximate surface area is 91.1 Å². The third-order valence-electron chi connectivity index (χ3n) is 3.56. The molecule has 86 valence electrons. The maximum absolute atomic E-state index is 11.3. The van der Waals surface area contributed by atoms with Gasteiger partial charge in [-0.3, -0.25) is 4.79 Å². The van der Waals surface area contributed by atoms with Gasteiger partial charge in [0.05, 0.1) is 24.2 Å². The summed E-state index contributed by atoms with van der Waals surface area (Å²) in [5.41, 5.74) is 0.165. The molecule has 0 bridgehead atoms. The molecule has 0 amide bonds. The van der Waals surface area contributed by atoms with Gasteiger partial charge in [-0.05, 0) is 32.1 Å². The number of ether oxygens (including phenoxy) is 2. The lowest BCUT2D eigenvalue weighted by Gasteiger charge is -2.22. The minimum Gasteiger partial charge on any atom is -0.465 e. The zero-order valence-corrected chi connectivity index (χ0v) is 9.79. The highest BCUT2D eigenvalue weighted by atomic mass is 16.6. The smallest absolute Gasteiger partial charge is 0.308 e. The highest BCUT2D eigenvalue weighted by Crippen LogP contribution is 2.49. The van der Waals surface area contributed by atoms with Crippen LogP contribution in [0.15, 0.2) is 0 Å². The van der Waals surface area contributed by atoms with Crippen LogP contribution in [0.1, 0.15) is 40.0 Å². The van der Waals surface area contributed by atoms with Crippen molar-refractivity contribution >= 4 is 5.97 Å². The van der Waals surface area contributed by atoms with Crippen LogP contribution in [0.2, 0.25) is 0 Å². The molecule has 1 aliphatic heterocycles. The van der Waals surface area contributed by atoms with Crippen LogP contribution in [0.25, 0.3) is 0 Å². The van der Waals surface area contributed by atoms with Crippen molar-refractivity contribution in [2.75, 3.05) is 6.61 Å². The summed E-state index contributed by atoms with van der Waals surface area (Å²) in [5.74, 6) is 0.407. The van der Waals surface area contributed by atoms with Gasteiger partial charge in [-0.15, -0.1) is 0 Å². The molecule has 0 aromatic carbocycles. The first-order valence-corrected chi connectivity index (χ1v) is 5.86. The van der Waals surface area contributed by atoms with Gasteiger partial charge in [0.1, 0.15) is 0 Å². The third kappa shape index (κ3) is 2.33. The first kappa shape index (κ1) is 10.9. The van der Waals surface area contributed by atoms with Crippen molar-refractivity contribution in [1.82, 2.24) is 0 Å². The summed E-state index contributed by atoms with van der Waals surface area (Å²) >= 11 is 0. The molecular formula is C12H20O3. The molecule has 2 aliphatic rings. The maximum Gasteiger partial charge on any atom is 0.308 e. The van der Waals surface area contributed by atoms with Crippen LogP contribution < -0.4 is 0 Å². The van der Waals surface area contributed by atoms with Gasteiger partial charge in [0.25, 0.3) is 0 Å². The van der Waals surface area contributed by atoms with E-state index in [0.29, 0.717) is 18.6 Å². The summed E-state index contributed by atoms with van der Waals surface area (Å²) in [7, 11) is 0. The molecule has 0 radical (unpaired) electrons. The molecule has 0 spiro atoms. The Morgan fingerprint density at radius 3 is 2.93 bits per heavy atom. The molecule has 2 rings (SSSR count). The number of epoxide rings is 1. The topological polar surface area (TPSA) is 38.8 Å². The van der Waals surface area contributed by atoms with E-state index in [1.54, 1.807) is 0 Å². The number of rotatable bonds is 3. The second-order valence-corrected chi connectivity index (χ2v) is 5.34. The van der Waals surface area contributed by atoms with Crippen molar-refractivity contribution < 1.29 is 14.3 Å². The van der Waals surface area contributed by atoms with E-state index in [2.05, 4.69) is 6.92 Å². The van der Waals surface area contributed by atoms with Gasteiger partial charge in [0.15, 0.2) is 0 Å². The van der Waals surface area contributed by atoms with E-state index in [-0.39, 0.29) is 17.5 Å².